The van der Waals surface area contributed by atoms with Gasteiger partial charge in [0.2, 0.25) is 12.2 Å². The summed E-state index contributed by atoms with van der Waals surface area (Å²) >= 11 is 24.5. The molecule has 0 aliphatic carbocycles. The number of carbonyl (C=O) groups is 3. The maximum Gasteiger partial charge on any atom is 1.00 e. The van der Waals surface area contributed by atoms with Crippen molar-refractivity contribution in [3.05, 3.63) is 114 Å². The standard InChI is InChI=1S/C26H25Cl2F3N2O5.C19H14Cl2F3NO4.Li.H2O2/c1-3-6-17-21-18(23(32-38-21)26(29,30)31)13-19(28)22(17)37-20(15-7-9-16(27)10-8-15)25(35)36-14(2)24(34)33-11-4-5-12-33;1-2-3-11-15-12(17(25-29-15)19(22,23)24)8-13(21)16(11)28-14(18(26)27)9-4-6-10(20)7-5-9;;1-2/h7-10,13-14,20H,3-6,11-12H2,1-2H3;4-8,14H,2-3H2,1H3,(H,26,27);;1-2H/q;;+1;/p-1/t14-,20?;;;/m1.../s1. The normalized spacial score (nSPS) is 13.8. The number of halogens is 10. The number of hydrogen-bond acceptors (Lipinski definition) is 12. The van der Waals surface area contributed by atoms with Crippen molar-refractivity contribution in [2.24, 2.45) is 0 Å². The average Bonchev–Trinajstić information content (AvgIpc) is 4.09. The van der Waals surface area contributed by atoms with Gasteiger partial charge in [-0.3, -0.25) is 4.79 Å². The van der Waals surface area contributed by atoms with Crippen LogP contribution in [0.25, 0.3) is 21.9 Å². The van der Waals surface area contributed by atoms with Gasteiger partial charge < -0.3 is 43.8 Å². The van der Waals surface area contributed by atoms with E-state index in [1.165, 1.54) is 31.2 Å². The van der Waals surface area contributed by atoms with Crippen LogP contribution in [0.1, 0.15) is 92.3 Å². The number of aromatic nitrogens is 2. The Hall–Kier alpha value is -4.91. The number of carboxylic acid groups (broad SMARTS) is 1. The summed E-state index contributed by atoms with van der Waals surface area (Å²) in [5.41, 5.74) is -1.61. The molecule has 6 aromatic rings. The Balaban J connectivity index is 0.000000300. The Morgan fingerprint density at radius 1 is 0.714 bits per heavy atom. The number of aryl methyl sites for hydroxylation is 2. The molecule has 0 bridgehead atoms. The molecule has 2 N–H and O–H groups in total. The summed E-state index contributed by atoms with van der Waals surface area (Å²) in [6.07, 6.45) is -10.2. The van der Waals surface area contributed by atoms with E-state index in [0.717, 1.165) is 25.0 Å². The van der Waals surface area contributed by atoms with Crippen molar-refractivity contribution in [1.82, 2.24) is 15.2 Å². The number of carbonyl (C=O) groups excluding carboxylic acids is 2. The van der Waals surface area contributed by atoms with Crippen molar-refractivity contribution in [2.45, 2.75) is 90.0 Å². The molecule has 1 aliphatic rings. The van der Waals surface area contributed by atoms with Crippen molar-refractivity contribution in [2.75, 3.05) is 13.1 Å². The number of amides is 1. The summed E-state index contributed by atoms with van der Waals surface area (Å²) in [4.78, 5) is 39.5. The Morgan fingerprint density at radius 2 is 1.10 bits per heavy atom. The van der Waals surface area contributed by atoms with Crippen LogP contribution < -0.4 is 33.6 Å². The maximum atomic E-state index is 13.5. The largest absolute Gasteiger partial charge is 1.00 e. The monoisotopic (exact) mass is 1060 g/mol. The second-order valence-corrected chi connectivity index (χ2v) is 16.9. The van der Waals surface area contributed by atoms with E-state index in [-0.39, 0.29) is 97.8 Å². The van der Waals surface area contributed by atoms with Gasteiger partial charge in [0.15, 0.2) is 28.7 Å². The minimum absolute atomic E-state index is 0. The second-order valence-electron chi connectivity index (χ2n) is 15.2. The first kappa shape index (κ1) is 57.7. The summed E-state index contributed by atoms with van der Waals surface area (Å²) in [5.74, 6) is -2.60. The molecule has 0 spiro atoms. The van der Waals surface area contributed by atoms with Gasteiger partial charge in [0.1, 0.15) is 11.5 Å². The number of rotatable bonds is 14. The fraction of sp³-hybridized carbons (Fsp3) is 0.356. The molecule has 3 heterocycles. The molecule has 0 radical (unpaired) electrons. The molecule has 7 rings (SSSR count). The van der Waals surface area contributed by atoms with Crippen LogP contribution in [0.4, 0.5) is 26.3 Å². The van der Waals surface area contributed by atoms with Crippen molar-refractivity contribution in [3.8, 4) is 11.5 Å². The van der Waals surface area contributed by atoms with E-state index in [9.17, 15) is 45.8 Å². The summed E-state index contributed by atoms with van der Waals surface area (Å²) in [6.45, 7) is 6.27. The van der Waals surface area contributed by atoms with Gasteiger partial charge >= 0.3 is 43.2 Å². The molecule has 25 heteroatoms. The zero-order valence-electron chi connectivity index (χ0n) is 37.4. The quantitative estimate of drug-likeness (QED) is 0.0345. The molecular formula is C45H40Cl4F6LiN3O11. The fourth-order valence-electron chi connectivity index (χ4n) is 7.30. The number of carboxylic acids is 1. The molecule has 1 aliphatic heterocycles. The van der Waals surface area contributed by atoms with E-state index in [0.29, 0.717) is 41.5 Å². The number of benzene rings is 4. The van der Waals surface area contributed by atoms with Crippen molar-refractivity contribution in [1.29, 1.82) is 0 Å². The van der Waals surface area contributed by atoms with Gasteiger partial charge in [0.05, 0.1) is 20.8 Å². The van der Waals surface area contributed by atoms with E-state index in [4.69, 9.17) is 80.2 Å². The molecule has 14 nitrogen and oxygen atoms in total. The van der Waals surface area contributed by atoms with E-state index >= 15 is 0 Å². The second kappa shape index (κ2) is 25.0. The van der Waals surface area contributed by atoms with Gasteiger partial charge in [0.25, 0.3) is 5.91 Å². The third kappa shape index (κ3) is 13.5. The zero-order chi connectivity index (χ0) is 51.0. The van der Waals surface area contributed by atoms with Crippen LogP contribution in [-0.4, -0.2) is 62.6 Å². The van der Waals surface area contributed by atoms with Gasteiger partial charge in [0, 0.05) is 45.4 Å². The molecule has 3 atom stereocenters. The minimum atomic E-state index is -4.76. The predicted octanol–water partition coefficient (Wildman–Crippen LogP) is 8.91. The number of alkyl halides is 6. The van der Waals surface area contributed by atoms with Crippen LogP contribution in [0.5, 0.6) is 11.5 Å². The third-order valence-corrected chi connectivity index (χ3v) is 11.4. The van der Waals surface area contributed by atoms with Gasteiger partial charge in [-0.15, -0.1) is 0 Å². The number of hydrogen-bond donors (Lipinski definition) is 2. The van der Waals surface area contributed by atoms with Crippen LogP contribution >= 0.6 is 46.4 Å². The van der Waals surface area contributed by atoms with Crippen LogP contribution in [-0.2, 0) is 44.3 Å². The van der Waals surface area contributed by atoms with Crippen molar-refractivity contribution in [3.63, 3.8) is 0 Å². The van der Waals surface area contributed by atoms with Crippen LogP contribution in [0, 0.1) is 0 Å². The van der Waals surface area contributed by atoms with Gasteiger partial charge in [-0.1, -0.05) is 108 Å². The SMILES string of the molecule is CCCc1c(OC(C(=O)O)c2ccc(Cl)cc2)c(Cl)cc2c(C(F)(F)F)noc12.CCCc1c(OC(C(=O)O[C@H](C)C(=O)N2CCCC2)c2ccc(Cl)cc2)c(Cl)cc2c(C(F)(F)F)noc12.[Li+].[O-]O. The first-order valence-corrected chi connectivity index (χ1v) is 22.3. The van der Waals surface area contributed by atoms with E-state index in [1.54, 1.807) is 36.1 Å². The topological polar surface area (TPSA) is 198 Å². The Bertz CT molecular complexity index is 2750. The van der Waals surface area contributed by atoms with Gasteiger partial charge in [-0.25, -0.2) is 9.59 Å². The average molecular weight is 1060 g/mol. The van der Waals surface area contributed by atoms with Gasteiger partial charge in [-0.2, -0.15) is 26.3 Å². The van der Waals surface area contributed by atoms with Crippen LogP contribution in [0.2, 0.25) is 20.1 Å². The Morgan fingerprint density at radius 3 is 1.47 bits per heavy atom. The number of nitrogens with zero attached hydrogens (tertiary/aromatic N) is 3. The molecule has 1 saturated heterocycles. The molecule has 70 heavy (non-hydrogen) atoms. The third-order valence-electron chi connectivity index (χ3n) is 10.4. The van der Waals surface area contributed by atoms with Crippen molar-refractivity contribution < 1.29 is 98.5 Å². The number of esters is 1. The number of fused-ring (bicyclic) bond motifs is 2. The van der Waals surface area contributed by atoms with Crippen molar-refractivity contribution >= 4 is 86.2 Å². The fourth-order valence-corrected chi connectivity index (χ4v) is 8.09. The molecule has 372 valence electrons. The van der Waals surface area contributed by atoms with E-state index < -0.39 is 54.0 Å². The summed E-state index contributed by atoms with van der Waals surface area (Å²) in [6, 6.07) is 14.2. The van der Waals surface area contributed by atoms with Crippen LogP contribution in [0.3, 0.4) is 0 Å². The summed E-state index contributed by atoms with van der Waals surface area (Å²) < 4.78 is 107. The number of likely N-dealkylation sites (tertiary alicyclic amines) is 1. The Kier molecular flexibility index (Phi) is 20.6. The summed E-state index contributed by atoms with van der Waals surface area (Å²) in [5, 5.41) is 28.8. The number of ether oxygens (including phenoxy) is 3. The molecule has 1 fully saturated rings. The molecule has 1 amide bonds. The maximum absolute atomic E-state index is 13.5. The predicted molar refractivity (Wildman–Crippen MR) is 237 cm³/mol. The first-order chi connectivity index (χ1) is 32.6. The van der Waals surface area contributed by atoms with Gasteiger partial charge in [-0.05, 0) is 69.0 Å². The molecule has 4 aromatic carbocycles. The smallest absolute Gasteiger partial charge is 0.727 e. The molecule has 2 unspecified atom stereocenters. The van der Waals surface area contributed by atoms with Crippen LogP contribution in [0.15, 0.2) is 69.7 Å². The first-order valence-electron chi connectivity index (χ1n) is 20.7. The minimum Gasteiger partial charge on any atom is -0.727 e. The molecule has 2 aromatic heterocycles. The summed E-state index contributed by atoms with van der Waals surface area (Å²) in [7, 11) is 0. The number of aliphatic carboxylic acids is 1. The van der Waals surface area contributed by atoms with E-state index in [2.05, 4.69) is 10.3 Å². The Labute approximate surface area is 426 Å². The molecular weight excluding hydrogens is 1020 g/mol. The zero-order valence-corrected chi connectivity index (χ0v) is 40.4. The van der Waals surface area contributed by atoms with E-state index in [1.807, 2.05) is 6.92 Å². The molecule has 0 saturated carbocycles.